The van der Waals surface area contributed by atoms with E-state index in [1.807, 2.05) is 0 Å². The fourth-order valence-electron chi connectivity index (χ4n) is 2.40. The highest BCUT2D eigenvalue weighted by molar-refractivity contribution is 6.01. The molecule has 1 aromatic heterocycles. The summed E-state index contributed by atoms with van der Waals surface area (Å²) in [6.45, 7) is 0. The van der Waals surface area contributed by atoms with Crippen molar-refractivity contribution in [3.05, 3.63) is 70.5 Å². The number of aromatic nitrogens is 1. The van der Waals surface area contributed by atoms with Crippen molar-refractivity contribution in [2.24, 2.45) is 0 Å². The number of nitrogens with zero attached hydrogens (tertiary/aromatic N) is 2. The molecular weight excluding hydrogens is 284 g/mol. The summed E-state index contributed by atoms with van der Waals surface area (Å²) in [6, 6.07) is 11.1. The van der Waals surface area contributed by atoms with Crippen LogP contribution in [0.2, 0.25) is 0 Å². The number of hydrogen-bond acceptors (Lipinski definition) is 4. The van der Waals surface area contributed by atoms with Crippen LogP contribution in [0.25, 0.3) is 21.9 Å². The standard InChI is InChI=1S/C16H10N2O4/c19-16(20)11-3-1-2-10(8-11)12-4-5-15(18(21)22)13-6-7-17-9-14(12)13/h1-9H,(H,19,20). The fourth-order valence-corrected chi connectivity index (χ4v) is 2.40. The van der Waals surface area contributed by atoms with E-state index in [0.717, 1.165) is 0 Å². The summed E-state index contributed by atoms with van der Waals surface area (Å²) in [5.74, 6) is -1.02. The van der Waals surface area contributed by atoms with Gasteiger partial charge in [0, 0.05) is 23.8 Å². The Balaban J connectivity index is 2.29. The van der Waals surface area contributed by atoms with E-state index in [-0.39, 0.29) is 11.3 Å². The predicted octanol–water partition coefficient (Wildman–Crippen LogP) is 3.51. The van der Waals surface area contributed by atoms with E-state index >= 15 is 0 Å². The van der Waals surface area contributed by atoms with Crippen LogP contribution < -0.4 is 0 Å². The first-order valence-corrected chi connectivity index (χ1v) is 6.43. The molecule has 0 spiro atoms. The first-order chi connectivity index (χ1) is 10.6. The van der Waals surface area contributed by atoms with E-state index in [9.17, 15) is 14.9 Å². The minimum atomic E-state index is -1.02. The number of hydrogen-bond donors (Lipinski definition) is 1. The largest absolute Gasteiger partial charge is 0.478 e. The third-order valence-corrected chi connectivity index (χ3v) is 3.41. The van der Waals surface area contributed by atoms with Gasteiger partial charge in [0.15, 0.2) is 0 Å². The molecule has 108 valence electrons. The maximum atomic E-state index is 11.1. The number of benzene rings is 2. The quantitative estimate of drug-likeness (QED) is 0.589. The van der Waals surface area contributed by atoms with Crippen molar-refractivity contribution in [1.29, 1.82) is 0 Å². The molecule has 1 N–H and O–H groups in total. The molecule has 1 heterocycles. The van der Waals surface area contributed by atoms with Crippen LogP contribution in [0, 0.1) is 10.1 Å². The molecule has 0 amide bonds. The number of nitro benzene ring substituents is 1. The van der Waals surface area contributed by atoms with Crippen molar-refractivity contribution in [2.45, 2.75) is 0 Å². The van der Waals surface area contributed by atoms with Crippen LogP contribution in [0.5, 0.6) is 0 Å². The second-order valence-electron chi connectivity index (χ2n) is 4.70. The van der Waals surface area contributed by atoms with Crippen molar-refractivity contribution < 1.29 is 14.8 Å². The maximum Gasteiger partial charge on any atom is 0.335 e. The van der Waals surface area contributed by atoms with Gasteiger partial charge in [-0.1, -0.05) is 12.1 Å². The van der Waals surface area contributed by atoms with Crippen molar-refractivity contribution in [3.8, 4) is 11.1 Å². The Labute approximate surface area is 124 Å². The van der Waals surface area contributed by atoms with E-state index in [0.29, 0.717) is 21.9 Å². The van der Waals surface area contributed by atoms with Gasteiger partial charge in [-0.3, -0.25) is 15.1 Å². The Morgan fingerprint density at radius 1 is 1.14 bits per heavy atom. The van der Waals surface area contributed by atoms with E-state index < -0.39 is 10.9 Å². The lowest BCUT2D eigenvalue weighted by Crippen LogP contribution is -1.96. The van der Waals surface area contributed by atoms with Crippen molar-refractivity contribution >= 4 is 22.4 Å². The SMILES string of the molecule is O=C(O)c1cccc(-c2ccc([N+](=O)[O-])c3ccncc23)c1. The van der Waals surface area contributed by atoms with E-state index in [4.69, 9.17) is 5.11 Å². The highest BCUT2D eigenvalue weighted by Gasteiger charge is 2.15. The lowest BCUT2D eigenvalue weighted by Gasteiger charge is -2.08. The van der Waals surface area contributed by atoms with E-state index in [1.54, 1.807) is 30.5 Å². The number of carbonyl (C=O) groups is 1. The van der Waals surface area contributed by atoms with Gasteiger partial charge in [-0.25, -0.2) is 4.79 Å². The topological polar surface area (TPSA) is 93.3 Å². The average molecular weight is 294 g/mol. The second kappa shape index (κ2) is 5.25. The van der Waals surface area contributed by atoms with Gasteiger partial charge in [0.2, 0.25) is 0 Å². The van der Waals surface area contributed by atoms with Crippen molar-refractivity contribution in [3.63, 3.8) is 0 Å². The molecule has 0 saturated heterocycles. The lowest BCUT2D eigenvalue weighted by molar-refractivity contribution is -0.383. The van der Waals surface area contributed by atoms with E-state index in [2.05, 4.69) is 4.98 Å². The monoisotopic (exact) mass is 294 g/mol. The van der Waals surface area contributed by atoms with Gasteiger partial charge in [0.1, 0.15) is 0 Å². The zero-order chi connectivity index (χ0) is 15.7. The Bertz CT molecular complexity index is 906. The molecule has 0 unspecified atom stereocenters. The molecule has 0 radical (unpaired) electrons. The second-order valence-corrected chi connectivity index (χ2v) is 4.70. The first-order valence-electron chi connectivity index (χ1n) is 6.43. The summed E-state index contributed by atoms with van der Waals surface area (Å²) < 4.78 is 0. The minimum Gasteiger partial charge on any atom is -0.478 e. The average Bonchev–Trinajstić information content (AvgIpc) is 2.53. The van der Waals surface area contributed by atoms with Crippen LogP contribution in [0.4, 0.5) is 5.69 Å². The third-order valence-electron chi connectivity index (χ3n) is 3.41. The number of carboxylic acids is 1. The highest BCUT2D eigenvalue weighted by Crippen LogP contribution is 2.33. The summed E-state index contributed by atoms with van der Waals surface area (Å²) >= 11 is 0. The Kier molecular flexibility index (Phi) is 3.27. The first kappa shape index (κ1) is 13.7. The van der Waals surface area contributed by atoms with Crippen LogP contribution in [0.3, 0.4) is 0 Å². The van der Waals surface area contributed by atoms with Crippen LogP contribution in [-0.4, -0.2) is 21.0 Å². The number of fused-ring (bicyclic) bond motifs is 1. The molecule has 0 aliphatic heterocycles. The minimum absolute atomic E-state index is 0.00413. The van der Waals surface area contributed by atoms with Gasteiger partial charge >= 0.3 is 5.97 Å². The molecule has 0 fully saturated rings. The molecule has 6 nitrogen and oxygen atoms in total. The smallest absolute Gasteiger partial charge is 0.335 e. The van der Waals surface area contributed by atoms with Gasteiger partial charge in [0.05, 0.1) is 15.9 Å². The van der Waals surface area contributed by atoms with Gasteiger partial charge in [-0.05, 0) is 35.4 Å². The molecule has 0 atom stereocenters. The normalized spacial score (nSPS) is 10.5. The van der Waals surface area contributed by atoms with Crippen LogP contribution in [-0.2, 0) is 0 Å². The molecule has 2 aromatic carbocycles. The number of non-ortho nitro benzene ring substituents is 1. The van der Waals surface area contributed by atoms with Gasteiger partial charge in [0.25, 0.3) is 5.69 Å². The summed E-state index contributed by atoms with van der Waals surface area (Å²) in [6.07, 6.45) is 3.04. The number of aromatic carboxylic acids is 1. The lowest BCUT2D eigenvalue weighted by atomic mass is 9.97. The Morgan fingerprint density at radius 2 is 1.95 bits per heavy atom. The number of carboxylic acid groups (broad SMARTS) is 1. The molecule has 0 aliphatic carbocycles. The summed E-state index contributed by atoms with van der Waals surface area (Å²) in [5, 5.41) is 21.3. The Morgan fingerprint density at radius 3 is 2.68 bits per heavy atom. The van der Waals surface area contributed by atoms with Crippen LogP contribution in [0.1, 0.15) is 10.4 Å². The van der Waals surface area contributed by atoms with Crippen molar-refractivity contribution in [2.75, 3.05) is 0 Å². The summed E-state index contributed by atoms with van der Waals surface area (Å²) in [7, 11) is 0. The van der Waals surface area contributed by atoms with Crippen LogP contribution in [0.15, 0.2) is 54.9 Å². The molecular formula is C16H10N2O4. The maximum absolute atomic E-state index is 11.1. The molecule has 6 heteroatoms. The fraction of sp³-hybridized carbons (Fsp3) is 0. The molecule has 22 heavy (non-hydrogen) atoms. The zero-order valence-corrected chi connectivity index (χ0v) is 11.3. The summed E-state index contributed by atoms with van der Waals surface area (Å²) in [4.78, 5) is 25.8. The molecule has 0 saturated carbocycles. The number of nitro groups is 1. The predicted molar refractivity (Wildman–Crippen MR) is 80.8 cm³/mol. The summed E-state index contributed by atoms with van der Waals surface area (Å²) in [5.41, 5.74) is 1.54. The van der Waals surface area contributed by atoms with Gasteiger partial charge < -0.3 is 5.11 Å². The van der Waals surface area contributed by atoms with Crippen molar-refractivity contribution in [1.82, 2.24) is 4.98 Å². The molecule has 3 rings (SSSR count). The molecule has 3 aromatic rings. The van der Waals surface area contributed by atoms with E-state index in [1.165, 1.54) is 24.4 Å². The van der Waals surface area contributed by atoms with Gasteiger partial charge in [-0.15, -0.1) is 0 Å². The Hall–Kier alpha value is -3.28. The molecule has 0 bridgehead atoms. The molecule has 0 aliphatic rings. The zero-order valence-electron chi connectivity index (χ0n) is 11.3. The van der Waals surface area contributed by atoms with Crippen LogP contribution >= 0.6 is 0 Å². The highest BCUT2D eigenvalue weighted by atomic mass is 16.6. The number of rotatable bonds is 3. The third kappa shape index (κ3) is 2.26. The number of pyridine rings is 1. The van der Waals surface area contributed by atoms with Gasteiger partial charge in [-0.2, -0.15) is 0 Å².